The molecule has 1 aliphatic heterocycles. The molecule has 19 heavy (non-hydrogen) atoms. The number of hydrogen-bond donors (Lipinski definition) is 1. The van der Waals surface area contributed by atoms with Crippen LogP contribution in [0.3, 0.4) is 0 Å². The summed E-state index contributed by atoms with van der Waals surface area (Å²) in [5.41, 5.74) is 1.31. The first-order valence-corrected chi connectivity index (χ1v) is 7.23. The minimum absolute atomic E-state index is 0.354. The Balaban J connectivity index is 2.16. The van der Waals surface area contributed by atoms with E-state index in [1.54, 1.807) is 0 Å². The first kappa shape index (κ1) is 14.3. The molecule has 2 unspecified atom stereocenters. The van der Waals surface area contributed by atoms with Gasteiger partial charge in [0.05, 0.1) is 0 Å². The number of nitrogens with zero attached hydrogens (tertiary/aromatic N) is 3. The molecule has 2 atom stereocenters. The monoisotopic (exact) mass is 262 g/mol. The summed E-state index contributed by atoms with van der Waals surface area (Å²) in [6.07, 6.45) is 3.12. The summed E-state index contributed by atoms with van der Waals surface area (Å²) >= 11 is 0. The number of nitrogens with one attached hydrogen (secondary N) is 1. The summed E-state index contributed by atoms with van der Waals surface area (Å²) in [5, 5.41) is 3.48. The van der Waals surface area contributed by atoms with Crippen LogP contribution in [0.15, 0.2) is 18.3 Å². The van der Waals surface area contributed by atoms with Gasteiger partial charge in [0.15, 0.2) is 0 Å². The molecule has 0 aliphatic carbocycles. The molecule has 1 aromatic heterocycles. The Bertz CT molecular complexity index is 405. The topological polar surface area (TPSA) is 31.4 Å². The summed E-state index contributed by atoms with van der Waals surface area (Å²) in [7, 11) is 4.32. The van der Waals surface area contributed by atoms with Gasteiger partial charge in [-0.05, 0) is 40.1 Å². The Labute approximate surface area is 116 Å². The van der Waals surface area contributed by atoms with Crippen molar-refractivity contribution < 1.29 is 0 Å². The number of aromatic nitrogens is 1. The maximum atomic E-state index is 4.63. The van der Waals surface area contributed by atoms with Crippen molar-refractivity contribution in [2.45, 2.75) is 32.4 Å². The number of anilines is 1. The SMILES string of the molecule is CCNC(C)c1cccnc1N1CCC(N(C)C)C1. The van der Waals surface area contributed by atoms with E-state index in [2.05, 4.69) is 54.1 Å². The molecule has 106 valence electrons. The van der Waals surface area contributed by atoms with Gasteiger partial charge in [-0.2, -0.15) is 0 Å². The fraction of sp³-hybridized carbons (Fsp3) is 0.667. The third-order valence-corrected chi connectivity index (χ3v) is 3.99. The fourth-order valence-electron chi connectivity index (χ4n) is 2.78. The average molecular weight is 262 g/mol. The van der Waals surface area contributed by atoms with Crippen molar-refractivity contribution in [2.75, 3.05) is 38.6 Å². The predicted molar refractivity (Wildman–Crippen MR) is 80.6 cm³/mol. The van der Waals surface area contributed by atoms with Gasteiger partial charge in [-0.25, -0.2) is 4.98 Å². The normalized spacial score (nSPS) is 21.1. The Morgan fingerprint density at radius 3 is 2.95 bits per heavy atom. The van der Waals surface area contributed by atoms with Gasteiger partial charge in [0, 0.05) is 36.9 Å². The van der Waals surface area contributed by atoms with Crippen LogP contribution < -0.4 is 10.2 Å². The number of rotatable bonds is 5. The van der Waals surface area contributed by atoms with Gasteiger partial charge in [0.25, 0.3) is 0 Å². The summed E-state index contributed by atoms with van der Waals surface area (Å²) < 4.78 is 0. The molecule has 1 saturated heterocycles. The molecule has 2 rings (SSSR count). The highest BCUT2D eigenvalue weighted by Crippen LogP contribution is 2.27. The lowest BCUT2D eigenvalue weighted by Crippen LogP contribution is -2.32. The van der Waals surface area contributed by atoms with E-state index in [1.807, 2.05) is 12.3 Å². The number of pyridine rings is 1. The van der Waals surface area contributed by atoms with Crippen LogP contribution in [0.4, 0.5) is 5.82 Å². The molecule has 2 heterocycles. The van der Waals surface area contributed by atoms with Crippen LogP contribution in [-0.4, -0.2) is 49.7 Å². The molecule has 0 saturated carbocycles. The molecular weight excluding hydrogens is 236 g/mol. The molecule has 1 aliphatic rings. The van der Waals surface area contributed by atoms with Gasteiger partial charge in [-0.1, -0.05) is 13.0 Å². The molecule has 0 bridgehead atoms. The predicted octanol–water partition coefficient (Wildman–Crippen LogP) is 1.89. The van der Waals surface area contributed by atoms with Gasteiger partial charge >= 0.3 is 0 Å². The highest BCUT2D eigenvalue weighted by atomic mass is 15.3. The molecule has 1 aromatic rings. The van der Waals surface area contributed by atoms with Crippen LogP contribution in [0.25, 0.3) is 0 Å². The van der Waals surface area contributed by atoms with Crippen molar-refractivity contribution in [1.82, 2.24) is 15.2 Å². The van der Waals surface area contributed by atoms with Crippen LogP contribution in [0, 0.1) is 0 Å². The lowest BCUT2D eigenvalue weighted by Gasteiger charge is -2.25. The third kappa shape index (κ3) is 3.25. The molecule has 4 heteroatoms. The van der Waals surface area contributed by atoms with Crippen molar-refractivity contribution in [3.63, 3.8) is 0 Å². The van der Waals surface area contributed by atoms with Crippen molar-refractivity contribution in [3.05, 3.63) is 23.9 Å². The maximum absolute atomic E-state index is 4.63. The van der Waals surface area contributed by atoms with E-state index in [0.29, 0.717) is 12.1 Å². The van der Waals surface area contributed by atoms with E-state index in [4.69, 9.17) is 0 Å². The largest absolute Gasteiger partial charge is 0.355 e. The molecule has 0 spiro atoms. The van der Waals surface area contributed by atoms with E-state index in [9.17, 15) is 0 Å². The van der Waals surface area contributed by atoms with Crippen molar-refractivity contribution in [2.24, 2.45) is 0 Å². The zero-order chi connectivity index (χ0) is 13.8. The van der Waals surface area contributed by atoms with Crippen LogP contribution >= 0.6 is 0 Å². The van der Waals surface area contributed by atoms with E-state index in [-0.39, 0.29) is 0 Å². The van der Waals surface area contributed by atoms with Crippen LogP contribution in [0.5, 0.6) is 0 Å². The quantitative estimate of drug-likeness (QED) is 0.878. The van der Waals surface area contributed by atoms with E-state index >= 15 is 0 Å². The van der Waals surface area contributed by atoms with Gasteiger partial charge < -0.3 is 15.1 Å². The van der Waals surface area contributed by atoms with E-state index in [1.165, 1.54) is 12.0 Å². The van der Waals surface area contributed by atoms with E-state index < -0.39 is 0 Å². The van der Waals surface area contributed by atoms with Crippen LogP contribution in [0.2, 0.25) is 0 Å². The van der Waals surface area contributed by atoms with E-state index in [0.717, 1.165) is 25.5 Å². The summed E-state index contributed by atoms with van der Waals surface area (Å²) in [6, 6.07) is 5.22. The van der Waals surface area contributed by atoms with Gasteiger partial charge in [-0.3, -0.25) is 0 Å². The first-order chi connectivity index (χ1) is 9.13. The minimum Gasteiger partial charge on any atom is -0.355 e. The molecule has 0 aromatic carbocycles. The highest BCUT2D eigenvalue weighted by Gasteiger charge is 2.27. The lowest BCUT2D eigenvalue weighted by molar-refractivity contribution is 0.315. The Morgan fingerprint density at radius 2 is 2.32 bits per heavy atom. The second-order valence-electron chi connectivity index (χ2n) is 5.55. The second-order valence-corrected chi connectivity index (χ2v) is 5.55. The van der Waals surface area contributed by atoms with Crippen molar-refractivity contribution in [3.8, 4) is 0 Å². The molecule has 0 radical (unpaired) electrons. The van der Waals surface area contributed by atoms with Gasteiger partial charge in [0.1, 0.15) is 5.82 Å². The zero-order valence-electron chi connectivity index (χ0n) is 12.6. The Morgan fingerprint density at radius 1 is 1.53 bits per heavy atom. The average Bonchev–Trinajstić information content (AvgIpc) is 2.88. The van der Waals surface area contributed by atoms with Crippen molar-refractivity contribution >= 4 is 5.82 Å². The van der Waals surface area contributed by atoms with Crippen molar-refractivity contribution in [1.29, 1.82) is 0 Å². The summed E-state index contributed by atoms with van der Waals surface area (Å²) in [4.78, 5) is 9.37. The molecule has 1 fully saturated rings. The van der Waals surface area contributed by atoms with Gasteiger partial charge in [0.2, 0.25) is 0 Å². The fourth-order valence-corrected chi connectivity index (χ4v) is 2.78. The maximum Gasteiger partial charge on any atom is 0.133 e. The first-order valence-electron chi connectivity index (χ1n) is 7.23. The number of likely N-dealkylation sites (N-methyl/N-ethyl adjacent to an activating group) is 1. The zero-order valence-corrected chi connectivity index (χ0v) is 12.6. The number of hydrogen-bond acceptors (Lipinski definition) is 4. The molecule has 0 amide bonds. The molecular formula is C15H26N4. The third-order valence-electron chi connectivity index (χ3n) is 3.99. The Kier molecular flexibility index (Phi) is 4.77. The minimum atomic E-state index is 0.354. The highest BCUT2D eigenvalue weighted by molar-refractivity contribution is 5.49. The summed E-state index contributed by atoms with van der Waals surface area (Å²) in [6.45, 7) is 7.52. The van der Waals surface area contributed by atoms with Gasteiger partial charge in [-0.15, -0.1) is 0 Å². The lowest BCUT2D eigenvalue weighted by atomic mass is 10.1. The second kappa shape index (κ2) is 6.35. The molecule has 1 N–H and O–H groups in total. The standard InChI is InChI=1S/C15H26N4/c1-5-16-12(2)14-7-6-9-17-15(14)19-10-8-13(11-19)18(3)4/h6-7,9,12-13,16H,5,8,10-11H2,1-4H3. The van der Waals surface area contributed by atoms with Crippen LogP contribution in [-0.2, 0) is 0 Å². The molecule has 4 nitrogen and oxygen atoms in total. The van der Waals surface area contributed by atoms with Crippen LogP contribution in [0.1, 0.15) is 31.9 Å². The summed E-state index contributed by atoms with van der Waals surface area (Å²) in [5.74, 6) is 1.15. The smallest absolute Gasteiger partial charge is 0.133 e. The Hall–Kier alpha value is -1.13.